The van der Waals surface area contributed by atoms with Crippen LogP contribution in [0.1, 0.15) is 80.9 Å². The van der Waals surface area contributed by atoms with Gasteiger partial charge in [0.05, 0.1) is 5.52 Å². The first-order valence-electron chi connectivity index (χ1n) is 21.8. The van der Waals surface area contributed by atoms with E-state index in [1.807, 2.05) is 60.5 Å². The summed E-state index contributed by atoms with van der Waals surface area (Å²) in [4.78, 5) is 67.4. The van der Waals surface area contributed by atoms with Gasteiger partial charge in [-0.25, -0.2) is 14.3 Å². The van der Waals surface area contributed by atoms with Gasteiger partial charge in [0.2, 0.25) is 5.91 Å². The number of carbonyl (C=O) groups excluding carboxylic acids is 3. The molecule has 59 heavy (non-hydrogen) atoms. The number of H-pyrrole nitrogens is 1. The number of nitrogens with zero attached hydrogens (tertiary/aromatic N) is 7. The third kappa shape index (κ3) is 10.4. The maximum absolute atomic E-state index is 14.4. The van der Waals surface area contributed by atoms with Crippen LogP contribution in [0.5, 0.6) is 0 Å². The van der Waals surface area contributed by atoms with Crippen LogP contribution in [-0.4, -0.2) is 142 Å². The van der Waals surface area contributed by atoms with Crippen LogP contribution in [0.2, 0.25) is 0 Å². The smallest absolute Gasteiger partial charge is 0.411 e. The highest BCUT2D eigenvalue weighted by Crippen LogP contribution is 2.28. The molecule has 4 aromatic rings. The first-order valence-corrected chi connectivity index (χ1v) is 21.8. The maximum Gasteiger partial charge on any atom is 0.411 e. The number of hydrogen-bond acceptors (Lipinski definition) is 8. The topological polar surface area (TPSA) is 139 Å². The van der Waals surface area contributed by atoms with Gasteiger partial charge >= 0.3 is 12.1 Å². The van der Waals surface area contributed by atoms with Gasteiger partial charge < -0.3 is 34.6 Å². The van der Waals surface area contributed by atoms with Crippen molar-refractivity contribution in [1.29, 1.82) is 0 Å². The van der Waals surface area contributed by atoms with Crippen molar-refractivity contribution >= 4 is 39.8 Å². The Morgan fingerprint density at radius 1 is 0.915 bits per heavy atom. The maximum atomic E-state index is 14.4. The highest BCUT2D eigenvalue weighted by Gasteiger charge is 2.34. The second-order valence-corrected chi connectivity index (χ2v) is 17.0. The van der Waals surface area contributed by atoms with Crippen molar-refractivity contribution < 1.29 is 19.1 Å². The molecule has 0 spiro atoms. The summed E-state index contributed by atoms with van der Waals surface area (Å²) in [5, 5.41) is 9.74. The SMILES string of the molecule is CCCCCCN(C)C(=O)OCn1cc2cc(C[C@@H](NC(=O)N3CCC(c4cc5ccccc5[nH]c4=O)CC3)C(=O)N3CCN(C4CCN(C)CC4)CC3)cc(C)c2n1. The van der Waals surface area contributed by atoms with Crippen LogP contribution in [0.15, 0.2) is 53.5 Å². The molecule has 1 atom stereocenters. The number of unbranched alkanes of at least 4 members (excludes halogenated alkanes) is 3. The molecule has 3 saturated heterocycles. The molecule has 14 heteroatoms. The molecule has 0 bridgehead atoms. The van der Waals surface area contributed by atoms with Crippen LogP contribution < -0.4 is 10.9 Å². The molecule has 2 aromatic carbocycles. The number of aromatic nitrogens is 3. The molecule has 3 aliphatic heterocycles. The van der Waals surface area contributed by atoms with Gasteiger partial charge in [0, 0.05) is 88.0 Å². The van der Waals surface area contributed by atoms with E-state index in [1.165, 1.54) is 0 Å². The Kier molecular flexibility index (Phi) is 13.9. The quantitative estimate of drug-likeness (QED) is 0.168. The van der Waals surface area contributed by atoms with Crippen LogP contribution in [-0.2, 0) is 22.7 Å². The number of likely N-dealkylation sites (tertiary alicyclic amines) is 2. The Morgan fingerprint density at radius 3 is 2.41 bits per heavy atom. The van der Waals surface area contributed by atoms with E-state index in [0.29, 0.717) is 58.0 Å². The number of rotatable bonds is 13. The molecule has 7 rings (SSSR count). The fraction of sp³-hybridized carbons (Fsp3) is 0.578. The van der Waals surface area contributed by atoms with Crippen molar-refractivity contribution in [2.75, 3.05) is 73.0 Å². The number of benzene rings is 2. The molecule has 0 aliphatic carbocycles. The third-order valence-electron chi connectivity index (χ3n) is 12.8. The van der Waals surface area contributed by atoms with Crippen molar-refractivity contribution in [3.05, 3.63) is 75.7 Å². The molecule has 4 amide bonds. The lowest BCUT2D eigenvalue weighted by atomic mass is 9.89. The molecule has 2 aromatic heterocycles. The summed E-state index contributed by atoms with van der Waals surface area (Å²) >= 11 is 0. The summed E-state index contributed by atoms with van der Waals surface area (Å²) in [5.74, 6) is -0.0283. The summed E-state index contributed by atoms with van der Waals surface area (Å²) in [6.07, 6.45) is 9.74. The van der Waals surface area contributed by atoms with Gasteiger partial charge in [0.25, 0.3) is 5.56 Å². The summed E-state index contributed by atoms with van der Waals surface area (Å²) in [5.41, 5.74) is 4.14. The minimum atomic E-state index is -0.765. The van der Waals surface area contributed by atoms with E-state index in [2.05, 4.69) is 34.1 Å². The van der Waals surface area contributed by atoms with E-state index in [0.717, 1.165) is 103 Å². The van der Waals surface area contributed by atoms with Crippen LogP contribution in [0.25, 0.3) is 21.8 Å². The monoisotopic (exact) mass is 809 g/mol. The van der Waals surface area contributed by atoms with Gasteiger partial charge in [-0.3, -0.25) is 14.5 Å². The Morgan fingerprint density at radius 2 is 1.66 bits per heavy atom. The van der Waals surface area contributed by atoms with E-state index >= 15 is 0 Å². The zero-order chi connectivity index (χ0) is 41.5. The molecular formula is C45H63N9O5. The van der Waals surface area contributed by atoms with Crippen LogP contribution in [0.4, 0.5) is 9.59 Å². The minimum absolute atomic E-state index is 0.00572. The lowest BCUT2D eigenvalue weighted by molar-refractivity contribution is -0.135. The van der Waals surface area contributed by atoms with Crippen molar-refractivity contribution in [3.63, 3.8) is 0 Å². The molecule has 3 fully saturated rings. The van der Waals surface area contributed by atoms with Gasteiger partial charge in [0.15, 0.2) is 6.73 Å². The molecular weight excluding hydrogens is 747 g/mol. The number of para-hydroxylation sites is 1. The van der Waals surface area contributed by atoms with Crippen molar-refractivity contribution in [3.8, 4) is 0 Å². The van der Waals surface area contributed by atoms with E-state index < -0.39 is 6.04 Å². The number of pyridine rings is 1. The molecule has 3 aliphatic rings. The Labute approximate surface area is 347 Å². The predicted molar refractivity (Wildman–Crippen MR) is 231 cm³/mol. The number of nitrogens with one attached hydrogen (secondary N) is 2. The summed E-state index contributed by atoms with van der Waals surface area (Å²) in [6.45, 7) is 10.9. The minimum Gasteiger partial charge on any atom is -0.426 e. The largest absolute Gasteiger partial charge is 0.426 e. The van der Waals surface area contributed by atoms with Gasteiger partial charge in [-0.15, -0.1) is 0 Å². The standard InChI is InChI=1S/C45H63N9O5/c1-5-6-7-10-17-50(4)45(58)59-31-54-30-36-27-33(26-32(2)41(36)48-54)28-40(43(56)52-24-22-51(23-25-52)37-15-18-49(3)19-16-37)47-44(57)53-20-13-34(14-21-53)38-29-35-11-8-9-12-39(35)46-42(38)55/h8-9,11-12,26-27,29-30,34,37,40H,5-7,10,13-25,28,31H2,1-4H3,(H,46,55)(H,47,57)/t40-/m1/s1. The number of aromatic amines is 1. The van der Waals surface area contributed by atoms with E-state index in [4.69, 9.17) is 9.84 Å². The van der Waals surface area contributed by atoms with Gasteiger partial charge in [0.1, 0.15) is 6.04 Å². The van der Waals surface area contributed by atoms with Crippen molar-refractivity contribution in [1.82, 2.24) is 44.6 Å². The van der Waals surface area contributed by atoms with Gasteiger partial charge in [-0.2, -0.15) is 5.10 Å². The van der Waals surface area contributed by atoms with E-state index in [1.54, 1.807) is 21.5 Å². The first kappa shape index (κ1) is 42.2. The molecule has 0 radical (unpaired) electrons. The number of urea groups is 1. The Balaban J connectivity index is 1.02. The van der Waals surface area contributed by atoms with Crippen molar-refractivity contribution in [2.45, 2.75) is 96.4 Å². The summed E-state index contributed by atoms with van der Waals surface area (Å²) in [6, 6.07) is 13.3. The highest BCUT2D eigenvalue weighted by atomic mass is 16.6. The average molecular weight is 810 g/mol. The number of aryl methyl sites for hydroxylation is 1. The Bertz CT molecular complexity index is 2130. The van der Waals surface area contributed by atoms with Crippen LogP contribution in [0.3, 0.4) is 0 Å². The number of piperazine rings is 1. The lowest BCUT2D eigenvalue weighted by Crippen LogP contribution is -2.59. The van der Waals surface area contributed by atoms with Crippen LogP contribution in [0, 0.1) is 6.92 Å². The van der Waals surface area contributed by atoms with Gasteiger partial charge in [-0.1, -0.05) is 50.5 Å². The number of fused-ring (bicyclic) bond motifs is 2. The summed E-state index contributed by atoms with van der Waals surface area (Å²) < 4.78 is 7.21. The fourth-order valence-corrected chi connectivity index (χ4v) is 9.14. The number of amides is 4. The predicted octanol–water partition coefficient (Wildman–Crippen LogP) is 5.53. The number of piperidine rings is 2. The second kappa shape index (κ2) is 19.4. The zero-order valence-electron chi connectivity index (χ0n) is 35.5. The molecule has 5 heterocycles. The third-order valence-corrected chi connectivity index (χ3v) is 12.8. The highest BCUT2D eigenvalue weighted by molar-refractivity contribution is 5.88. The van der Waals surface area contributed by atoms with E-state index in [9.17, 15) is 19.2 Å². The van der Waals surface area contributed by atoms with Crippen LogP contribution >= 0.6 is 0 Å². The zero-order valence-corrected chi connectivity index (χ0v) is 35.5. The Hall–Kier alpha value is -4.95. The molecule has 318 valence electrons. The molecule has 0 unspecified atom stereocenters. The molecule has 2 N–H and O–H groups in total. The second-order valence-electron chi connectivity index (χ2n) is 17.0. The molecule has 14 nitrogen and oxygen atoms in total. The number of hydrogen-bond donors (Lipinski definition) is 2. The number of carbonyl (C=O) groups is 3. The normalized spacial score (nSPS) is 18.0. The lowest BCUT2D eigenvalue weighted by Gasteiger charge is -2.43. The first-order chi connectivity index (χ1) is 28.6. The van der Waals surface area contributed by atoms with Crippen molar-refractivity contribution in [2.24, 2.45) is 0 Å². The van der Waals surface area contributed by atoms with Gasteiger partial charge in [-0.05, 0) is 99.8 Å². The molecule has 0 saturated carbocycles. The average Bonchev–Trinajstić information content (AvgIpc) is 3.67. The summed E-state index contributed by atoms with van der Waals surface area (Å²) in [7, 11) is 3.93. The number of ether oxygens (including phenoxy) is 1. The fourth-order valence-electron chi connectivity index (χ4n) is 9.14. The van der Waals surface area contributed by atoms with E-state index in [-0.39, 0.29) is 36.2 Å².